The zero-order valence-electron chi connectivity index (χ0n) is 13.1. The first-order chi connectivity index (χ1) is 9.42. The maximum atomic E-state index is 12.4. The molecule has 1 aromatic heterocycles. The summed E-state index contributed by atoms with van der Waals surface area (Å²) in [7, 11) is 0. The Morgan fingerprint density at radius 2 is 1.60 bits per heavy atom. The van der Waals surface area contributed by atoms with Gasteiger partial charge in [0, 0.05) is 19.1 Å². The van der Waals surface area contributed by atoms with Gasteiger partial charge in [-0.05, 0) is 49.9 Å². The molecule has 110 valence electrons. The number of nitrogens with two attached hydrogens (primary N) is 1. The van der Waals surface area contributed by atoms with Gasteiger partial charge in [-0.1, -0.05) is 13.8 Å². The van der Waals surface area contributed by atoms with Crippen LogP contribution in [0.4, 0.5) is 0 Å². The van der Waals surface area contributed by atoms with Gasteiger partial charge in [0.05, 0.1) is 11.0 Å². The smallest absolute Gasteiger partial charge is 0.324 e. The lowest BCUT2D eigenvalue weighted by molar-refractivity contribution is 0.512. The van der Waals surface area contributed by atoms with Gasteiger partial charge < -0.3 is 5.73 Å². The van der Waals surface area contributed by atoms with E-state index in [1.54, 1.807) is 0 Å². The second-order valence-corrected chi connectivity index (χ2v) is 5.74. The van der Waals surface area contributed by atoms with Crippen molar-refractivity contribution in [3.63, 3.8) is 0 Å². The third kappa shape index (κ3) is 2.18. The Bertz CT molecular complexity index is 679. The SMILES string of the molecule is CCn1c(=O)n(CC)c2cc(C(N)C(C)C)c(C)cc21. The topological polar surface area (TPSA) is 53.0 Å². The van der Waals surface area contributed by atoms with Crippen molar-refractivity contribution in [2.75, 3.05) is 0 Å². The number of benzene rings is 1. The molecule has 0 fully saturated rings. The van der Waals surface area contributed by atoms with Crippen LogP contribution in [0.25, 0.3) is 11.0 Å². The molecule has 1 aromatic carbocycles. The number of hydrogen-bond donors (Lipinski definition) is 1. The average Bonchev–Trinajstić information content (AvgIpc) is 2.67. The van der Waals surface area contributed by atoms with Crippen molar-refractivity contribution >= 4 is 11.0 Å². The van der Waals surface area contributed by atoms with Crippen molar-refractivity contribution in [2.45, 2.75) is 53.8 Å². The zero-order valence-corrected chi connectivity index (χ0v) is 13.1. The van der Waals surface area contributed by atoms with Gasteiger partial charge >= 0.3 is 5.69 Å². The molecule has 0 aliphatic rings. The Labute approximate surface area is 120 Å². The summed E-state index contributed by atoms with van der Waals surface area (Å²) in [6, 6.07) is 4.21. The Morgan fingerprint density at radius 1 is 1.10 bits per heavy atom. The van der Waals surface area contributed by atoms with Crippen LogP contribution in [-0.4, -0.2) is 9.13 Å². The van der Waals surface area contributed by atoms with Crippen LogP contribution in [0, 0.1) is 12.8 Å². The van der Waals surface area contributed by atoms with E-state index in [-0.39, 0.29) is 11.7 Å². The maximum absolute atomic E-state index is 12.4. The molecule has 1 unspecified atom stereocenters. The van der Waals surface area contributed by atoms with Crippen molar-refractivity contribution in [2.24, 2.45) is 11.7 Å². The van der Waals surface area contributed by atoms with Gasteiger partial charge in [0.2, 0.25) is 0 Å². The fourth-order valence-corrected chi connectivity index (χ4v) is 2.81. The standard InChI is InChI=1S/C16H25N3O/c1-6-18-13-8-11(5)12(15(17)10(3)4)9-14(13)19(7-2)16(18)20/h8-10,15H,6-7,17H2,1-5H3. The minimum atomic E-state index is 0.00443. The van der Waals surface area contributed by atoms with E-state index in [4.69, 9.17) is 5.73 Å². The van der Waals surface area contributed by atoms with Crippen molar-refractivity contribution in [1.29, 1.82) is 0 Å². The summed E-state index contributed by atoms with van der Waals surface area (Å²) in [6.45, 7) is 11.7. The first kappa shape index (κ1) is 14.9. The van der Waals surface area contributed by atoms with Gasteiger partial charge in [0.15, 0.2) is 0 Å². The predicted octanol–water partition coefficient (Wildman–Crippen LogP) is 2.81. The van der Waals surface area contributed by atoms with E-state index in [2.05, 4.69) is 32.9 Å². The zero-order chi connectivity index (χ0) is 15.0. The van der Waals surface area contributed by atoms with Crippen LogP contribution >= 0.6 is 0 Å². The van der Waals surface area contributed by atoms with Crippen molar-refractivity contribution in [3.05, 3.63) is 33.7 Å². The predicted molar refractivity (Wildman–Crippen MR) is 84.0 cm³/mol. The largest absolute Gasteiger partial charge is 0.329 e. The van der Waals surface area contributed by atoms with E-state index in [1.165, 1.54) is 0 Å². The summed E-state index contributed by atoms with van der Waals surface area (Å²) in [5, 5.41) is 0. The third-order valence-electron chi connectivity index (χ3n) is 4.12. The van der Waals surface area contributed by atoms with Crippen molar-refractivity contribution in [3.8, 4) is 0 Å². The molecule has 0 bridgehead atoms. The molecule has 1 heterocycles. The lowest BCUT2D eigenvalue weighted by atomic mass is 9.93. The van der Waals surface area contributed by atoms with Gasteiger partial charge in [-0.15, -0.1) is 0 Å². The Hall–Kier alpha value is -1.55. The molecule has 2 rings (SSSR count). The van der Waals surface area contributed by atoms with Gasteiger partial charge in [0.1, 0.15) is 0 Å². The van der Waals surface area contributed by atoms with Crippen LogP contribution in [0.1, 0.15) is 44.9 Å². The van der Waals surface area contributed by atoms with E-state index < -0.39 is 0 Å². The van der Waals surface area contributed by atoms with Crippen LogP contribution in [0.3, 0.4) is 0 Å². The average molecular weight is 275 g/mol. The summed E-state index contributed by atoms with van der Waals surface area (Å²) in [6.07, 6.45) is 0. The van der Waals surface area contributed by atoms with E-state index in [9.17, 15) is 4.79 Å². The summed E-state index contributed by atoms with van der Waals surface area (Å²) < 4.78 is 3.66. The molecule has 0 aliphatic heterocycles. The lowest BCUT2D eigenvalue weighted by Crippen LogP contribution is -2.23. The number of fused-ring (bicyclic) bond motifs is 1. The number of rotatable bonds is 4. The number of aromatic nitrogens is 2. The molecular formula is C16H25N3O. The molecule has 4 nitrogen and oxygen atoms in total. The Morgan fingerprint density at radius 3 is 2.05 bits per heavy atom. The quantitative estimate of drug-likeness (QED) is 0.933. The van der Waals surface area contributed by atoms with Crippen molar-refractivity contribution < 1.29 is 0 Å². The van der Waals surface area contributed by atoms with Crippen molar-refractivity contribution in [1.82, 2.24) is 9.13 Å². The second kappa shape index (κ2) is 5.44. The highest BCUT2D eigenvalue weighted by Crippen LogP contribution is 2.27. The van der Waals surface area contributed by atoms with E-state index in [0.717, 1.165) is 22.2 Å². The monoisotopic (exact) mass is 275 g/mol. The fourth-order valence-electron chi connectivity index (χ4n) is 2.81. The molecule has 0 amide bonds. The molecule has 2 aromatic rings. The van der Waals surface area contributed by atoms with Gasteiger partial charge in [-0.2, -0.15) is 0 Å². The van der Waals surface area contributed by atoms with Crippen LogP contribution in [-0.2, 0) is 13.1 Å². The number of aryl methyl sites for hydroxylation is 3. The first-order valence-electron chi connectivity index (χ1n) is 7.41. The van der Waals surface area contributed by atoms with Crippen LogP contribution < -0.4 is 11.4 Å². The molecule has 0 spiro atoms. The maximum Gasteiger partial charge on any atom is 0.329 e. The molecule has 20 heavy (non-hydrogen) atoms. The highest BCUT2D eigenvalue weighted by Gasteiger charge is 2.18. The van der Waals surface area contributed by atoms with Crippen LogP contribution in [0.15, 0.2) is 16.9 Å². The minimum absolute atomic E-state index is 0.00443. The Kier molecular flexibility index (Phi) is 4.04. The fraction of sp³-hybridized carbons (Fsp3) is 0.562. The van der Waals surface area contributed by atoms with Gasteiger partial charge in [-0.25, -0.2) is 4.79 Å². The van der Waals surface area contributed by atoms with E-state index >= 15 is 0 Å². The summed E-state index contributed by atoms with van der Waals surface area (Å²) in [4.78, 5) is 12.4. The third-order valence-corrected chi connectivity index (χ3v) is 4.12. The number of hydrogen-bond acceptors (Lipinski definition) is 2. The van der Waals surface area contributed by atoms with Crippen LogP contribution in [0.5, 0.6) is 0 Å². The van der Waals surface area contributed by atoms with Gasteiger partial charge in [-0.3, -0.25) is 9.13 Å². The van der Waals surface area contributed by atoms with Gasteiger partial charge in [0.25, 0.3) is 0 Å². The molecule has 0 aliphatic carbocycles. The number of imidazole rings is 1. The molecule has 0 radical (unpaired) electrons. The first-order valence-corrected chi connectivity index (χ1v) is 7.41. The summed E-state index contributed by atoms with van der Waals surface area (Å²) in [5.74, 6) is 0.376. The summed E-state index contributed by atoms with van der Waals surface area (Å²) >= 11 is 0. The molecule has 0 saturated heterocycles. The van der Waals surface area contributed by atoms with E-state index in [0.29, 0.717) is 19.0 Å². The second-order valence-electron chi connectivity index (χ2n) is 5.74. The minimum Gasteiger partial charge on any atom is -0.324 e. The normalized spacial score (nSPS) is 13.3. The molecule has 1 atom stereocenters. The number of nitrogens with zero attached hydrogens (tertiary/aromatic N) is 2. The lowest BCUT2D eigenvalue weighted by Gasteiger charge is -2.19. The van der Waals surface area contributed by atoms with E-state index in [1.807, 2.05) is 23.0 Å². The highest BCUT2D eigenvalue weighted by molar-refractivity contribution is 5.78. The van der Waals surface area contributed by atoms with Crippen LogP contribution in [0.2, 0.25) is 0 Å². The molecular weight excluding hydrogens is 250 g/mol. The molecule has 2 N–H and O–H groups in total. The molecule has 0 saturated carbocycles. The summed E-state index contributed by atoms with van der Waals surface area (Å²) in [5.41, 5.74) is 10.7. The highest BCUT2D eigenvalue weighted by atomic mass is 16.1. The Balaban J connectivity index is 2.79. The molecule has 4 heteroatoms.